The largest absolute Gasteiger partial charge is 0.495 e. The molecule has 2 aromatic heterocycles. The fourth-order valence-corrected chi connectivity index (χ4v) is 5.85. The Kier molecular flexibility index (Phi) is 4.55. The van der Waals surface area contributed by atoms with Crippen LogP contribution < -0.4 is 5.46 Å². The van der Waals surface area contributed by atoms with Crippen LogP contribution in [-0.4, -0.2) is 18.3 Å². The quantitative estimate of drug-likeness (QED) is 0.219. The van der Waals surface area contributed by atoms with Gasteiger partial charge in [0, 0.05) is 21.5 Å². The summed E-state index contributed by atoms with van der Waals surface area (Å²) >= 11 is 0. The summed E-state index contributed by atoms with van der Waals surface area (Å²) in [5.41, 5.74) is 5.57. The van der Waals surface area contributed by atoms with Gasteiger partial charge in [0.2, 0.25) is 0 Å². The van der Waals surface area contributed by atoms with Crippen LogP contribution in [0, 0.1) is 0 Å². The molecule has 0 amide bonds. The SMILES string of the molecule is CC1(C)OB(c2cc(-c3ccc4c(c3)oc3cc5ccccc5cc34)cc3oc4ccccc4c23)OC1(C)C. The van der Waals surface area contributed by atoms with Gasteiger partial charge >= 0.3 is 7.12 Å². The molecule has 39 heavy (non-hydrogen) atoms. The van der Waals surface area contributed by atoms with E-state index < -0.39 is 18.3 Å². The molecule has 0 saturated carbocycles. The Hall–Kier alpha value is -4.06. The Bertz CT molecular complexity index is 2080. The number of rotatable bonds is 2. The van der Waals surface area contributed by atoms with Crippen LogP contribution in [0.3, 0.4) is 0 Å². The van der Waals surface area contributed by atoms with Gasteiger partial charge in [0.15, 0.2) is 0 Å². The van der Waals surface area contributed by atoms with Gasteiger partial charge in [-0.15, -0.1) is 0 Å². The van der Waals surface area contributed by atoms with Gasteiger partial charge in [-0.05, 0) is 91.5 Å². The van der Waals surface area contributed by atoms with Crippen LogP contribution in [0.2, 0.25) is 0 Å². The number of para-hydroxylation sites is 1. The van der Waals surface area contributed by atoms with E-state index in [9.17, 15) is 0 Å². The number of benzene rings is 5. The standard InChI is InChI=1S/C34H27BO4/c1-33(2)34(3,4)39-35(38-33)27-16-23(19-31-32(27)25-11-7-8-12-28(25)36-31)22-13-14-24-26-15-20-9-5-6-10-21(20)17-30(26)37-29(24)18-22/h5-19H,1-4H3. The Balaban J connectivity index is 1.34. The molecule has 3 heterocycles. The minimum atomic E-state index is -0.513. The Morgan fingerprint density at radius 3 is 1.95 bits per heavy atom. The smallest absolute Gasteiger partial charge is 0.456 e. The summed E-state index contributed by atoms with van der Waals surface area (Å²) in [6, 6.07) is 31.6. The molecule has 0 aliphatic carbocycles. The van der Waals surface area contributed by atoms with Gasteiger partial charge in [-0.1, -0.05) is 54.6 Å². The van der Waals surface area contributed by atoms with Crippen LogP contribution in [0.1, 0.15) is 27.7 Å². The summed E-state index contributed by atoms with van der Waals surface area (Å²) in [4.78, 5) is 0. The first-order chi connectivity index (χ1) is 18.8. The molecular weight excluding hydrogens is 483 g/mol. The highest BCUT2D eigenvalue weighted by Crippen LogP contribution is 2.40. The average Bonchev–Trinajstić information content (AvgIpc) is 3.54. The normalized spacial score (nSPS) is 16.9. The predicted octanol–water partition coefficient (Wildman–Crippen LogP) is 8.60. The topological polar surface area (TPSA) is 44.7 Å². The first-order valence-electron chi connectivity index (χ1n) is 13.4. The van der Waals surface area contributed by atoms with Crippen molar-refractivity contribution in [3.05, 3.63) is 91.0 Å². The zero-order valence-electron chi connectivity index (χ0n) is 22.4. The minimum Gasteiger partial charge on any atom is -0.456 e. The van der Waals surface area contributed by atoms with Crippen molar-refractivity contribution in [2.75, 3.05) is 0 Å². The Morgan fingerprint density at radius 2 is 1.15 bits per heavy atom. The van der Waals surface area contributed by atoms with E-state index in [4.69, 9.17) is 18.1 Å². The number of fused-ring (bicyclic) bond motifs is 7. The van der Waals surface area contributed by atoms with Crippen molar-refractivity contribution in [2.45, 2.75) is 38.9 Å². The van der Waals surface area contributed by atoms with E-state index in [1.807, 2.05) is 18.2 Å². The zero-order chi connectivity index (χ0) is 26.5. The van der Waals surface area contributed by atoms with Crippen LogP contribution >= 0.6 is 0 Å². The molecule has 0 spiro atoms. The lowest BCUT2D eigenvalue weighted by Crippen LogP contribution is -2.41. The lowest BCUT2D eigenvalue weighted by Gasteiger charge is -2.32. The Morgan fingerprint density at radius 1 is 0.513 bits per heavy atom. The lowest BCUT2D eigenvalue weighted by molar-refractivity contribution is 0.00578. The first kappa shape index (κ1) is 22.9. The van der Waals surface area contributed by atoms with Gasteiger partial charge < -0.3 is 18.1 Å². The molecule has 1 saturated heterocycles. The van der Waals surface area contributed by atoms with E-state index >= 15 is 0 Å². The van der Waals surface area contributed by atoms with Crippen molar-refractivity contribution >= 4 is 67.2 Å². The number of hydrogen-bond donors (Lipinski definition) is 0. The van der Waals surface area contributed by atoms with Crippen molar-refractivity contribution in [2.24, 2.45) is 0 Å². The summed E-state index contributed by atoms with van der Waals surface area (Å²) in [5, 5.41) is 6.70. The zero-order valence-corrected chi connectivity index (χ0v) is 22.4. The highest BCUT2D eigenvalue weighted by Gasteiger charge is 2.52. The fourth-order valence-electron chi connectivity index (χ4n) is 5.85. The molecule has 5 aromatic carbocycles. The third kappa shape index (κ3) is 3.33. The molecule has 0 N–H and O–H groups in total. The molecule has 1 aliphatic rings. The highest BCUT2D eigenvalue weighted by molar-refractivity contribution is 6.66. The van der Waals surface area contributed by atoms with Crippen molar-refractivity contribution < 1.29 is 18.1 Å². The van der Waals surface area contributed by atoms with Crippen LogP contribution in [0.4, 0.5) is 0 Å². The van der Waals surface area contributed by atoms with E-state index in [0.717, 1.165) is 60.5 Å². The highest BCUT2D eigenvalue weighted by atomic mass is 16.7. The molecule has 8 rings (SSSR count). The predicted molar refractivity (Wildman–Crippen MR) is 160 cm³/mol. The van der Waals surface area contributed by atoms with Gasteiger partial charge in [0.1, 0.15) is 22.3 Å². The maximum atomic E-state index is 6.53. The van der Waals surface area contributed by atoms with Crippen molar-refractivity contribution in [1.82, 2.24) is 0 Å². The average molecular weight is 510 g/mol. The molecule has 0 radical (unpaired) electrons. The van der Waals surface area contributed by atoms with Crippen molar-refractivity contribution in [1.29, 1.82) is 0 Å². The molecule has 7 aromatic rings. The first-order valence-corrected chi connectivity index (χ1v) is 13.4. The second-order valence-electron chi connectivity index (χ2n) is 11.6. The second kappa shape index (κ2) is 7.75. The van der Waals surface area contributed by atoms with E-state index in [1.54, 1.807) is 0 Å². The van der Waals surface area contributed by atoms with Gasteiger partial charge in [-0.2, -0.15) is 0 Å². The van der Waals surface area contributed by atoms with Crippen LogP contribution in [0.5, 0.6) is 0 Å². The molecule has 1 aliphatic heterocycles. The van der Waals surface area contributed by atoms with Gasteiger partial charge in [-0.25, -0.2) is 0 Å². The maximum Gasteiger partial charge on any atom is 0.495 e. The second-order valence-corrected chi connectivity index (χ2v) is 11.6. The number of furan rings is 2. The maximum absolute atomic E-state index is 6.53. The van der Waals surface area contributed by atoms with Gasteiger partial charge in [0.05, 0.1) is 11.2 Å². The molecule has 0 bridgehead atoms. The summed E-state index contributed by atoms with van der Waals surface area (Å²) < 4.78 is 25.8. The van der Waals surface area contributed by atoms with Crippen LogP contribution in [-0.2, 0) is 9.31 Å². The monoisotopic (exact) mass is 510 g/mol. The summed E-state index contributed by atoms with van der Waals surface area (Å²) in [6.45, 7) is 8.34. The number of hydrogen-bond acceptors (Lipinski definition) is 4. The van der Waals surface area contributed by atoms with Crippen molar-refractivity contribution in [3.63, 3.8) is 0 Å². The van der Waals surface area contributed by atoms with Crippen molar-refractivity contribution in [3.8, 4) is 11.1 Å². The third-order valence-corrected chi connectivity index (χ3v) is 8.69. The van der Waals surface area contributed by atoms with E-state index in [2.05, 4.69) is 100 Å². The summed E-state index contributed by atoms with van der Waals surface area (Å²) in [6.07, 6.45) is 0. The van der Waals surface area contributed by atoms with E-state index in [-0.39, 0.29) is 0 Å². The third-order valence-electron chi connectivity index (χ3n) is 8.69. The molecule has 0 unspecified atom stereocenters. The van der Waals surface area contributed by atoms with Crippen LogP contribution in [0.15, 0.2) is 99.8 Å². The van der Waals surface area contributed by atoms with Crippen LogP contribution in [0.25, 0.3) is 65.8 Å². The molecular formula is C34H27BO4. The molecule has 190 valence electrons. The molecule has 1 fully saturated rings. The lowest BCUT2D eigenvalue weighted by atomic mass is 9.75. The molecule has 4 nitrogen and oxygen atoms in total. The summed E-state index contributed by atoms with van der Waals surface area (Å²) in [5.74, 6) is 0. The van der Waals surface area contributed by atoms with E-state index in [0.29, 0.717) is 0 Å². The fraction of sp³-hybridized carbons (Fsp3) is 0.176. The van der Waals surface area contributed by atoms with Gasteiger partial charge in [-0.3, -0.25) is 0 Å². The van der Waals surface area contributed by atoms with Gasteiger partial charge in [0.25, 0.3) is 0 Å². The molecule has 5 heteroatoms. The van der Waals surface area contributed by atoms with E-state index in [1.165, 1.54) is 10.8 Å². The Labute approximate surface area is 226 Å². The summed E-state index contributed by atoms with van der Waals surface area (Å²) in [7, 11) is -0.513. The minimum absolute atomic E-state index is 0.448. The molecule has 0 atom stereocenters.